The molecule has 1 fully saturated rings. The molecule has 26 heavy (non-hydrogen) atoms. The molecule has 4 heterocycles. The molecule has 0 bridgehead atoms. The molecule has 2 aromatic rings. The molecule has 0 spiro atoms. The fourth-order valence-corrected chi connectivity index (χ4v) is 3.53. The molecule has 1 saturated heterocycles. The van der Waals surface area contributed by atoms with Crippen LogP contribution in [0.2, 0.25) is 0 Å². The minimum absolute atomic E-state index is 0. The summed E-state index contributed by atoms with van der Waals surface area (Å²) in [5.74, 6) is 0.373. The first-order valence-electron chi connectivity index (χ1n) is 8.62. The summed E-state index contributed by atoms with van der Waals surface area (Å²) >= 11 is 0. The van der Waals surface area contributed by atoms with Crippen molar-refractivity contribution in [2.45, 2.75) is 38.4 Å². The van der Waals surface area contributed by atoms with Gasteiger partial charge in [-0.2, -0.15) is 5.10 Å². The first-order chi connectivity index (χ1) is 12.2. The molecule has 4 rings (SSSR count). The van der Waals surface area contributed by atoms with E-state index in [1.165, 1.54) is 0 Å². The maximum absolute atomic E-state index is 12.9. The Morgan fingerprint density at radius 3 is 3.12 bits per heavy atom. The Morgan fingerprint density at radius 1 is 1.42 bits per heavy atom. The van der Waals surface area contributed by atoms with Crippen molar-refractivity contribution in [2.24, 2.45) is 0 Å². The molecular weight excluding hydrogens is 358 g/mol. The van der Waals surface area contributed by atoms with Crippen molar-refractivity contribution in [3.63, 3.8) is 0 Å². The SMILES string of the molecule is Cl.O=C(NCc1ccco1)C1CCCN1C(=O)c1n[nH]c2c1CNCC2. The molecule has 0 radical (unpaired) electrons. The lowest BCUT2D eigenvalue weighted by Crippen LogP contribution is -2.46. The number of carbonyl (C=O) groups excluding carboxylic acids is 2. The van der Waals surface area contributed by atoms with Crippen molar-refractivity contribution in [1.29, 1.82) is 0 Å². The summed E-state index contributed by atoms with van der Waals surface area (Å²) in [6.45, 7) is 2.42. The Labute approximate surface area is 157 Å². The van der Waals surface area contributed by atoms with Crippen molar-refractivity contribution in [1.82, 2.24) is 25.7 Å². The van der Waals surface area contributed by atoms with Gasteiger partial charge in [-0.3, -0.25) is 14.7 Å². The van der Waals surface area contributed by atoms with Crippen LogP contribution in [0.4, 0.5) is 0 Å². The predicted molar refractivity (Wildman–Crippen MR) is 95.9 cm³/mol. The van der Waals surface area contributed by atoms with E-state index in [1.807, 2.05) is 0 Å². The Morgan fingerprint density at radius 2 is 2.31 bits per heavy atom. The van der Waals surface area contributed by atoms with Crippen LogP contribution in [-0.4, -0.2) is 46.0 Å². The van der Waals surface area contributed by atoms with E-state index in [-0.39, 0.29) is 24.2 Å². The van der Waals surface area contributed by atoms with E-state index in [0.29, 0.717) is 37.5 Å². The number of aromatic nitrogens is 2. The van der Waals surface area contributed by atoms with Gasteiger partial charge in [0.25, 0.3) is 5.91 Å². The zero-order chi connectivity index (χ0) is 17.2. The lowest BCUT2D eigenvalue weighted by molar-refractivity contribution is -0.125. The number of aromatic amines is 1. The first-order valence-corrected chi connectivity index (χ1v) is 8.62. The van der Waals surface area contributed by atoms with Gasteiger partial charge >= 0.3 is 0 Å². The molecule has 2 aliphatic rings. The number of hydrogen-bond donors (Lipinski definition) is 3. The zero-order valence-electron chi connectivity index (χ0n) is 14.3. The number of nitrogens with one attached hydrogen (secondary N) is 3. The minimum Gasteiger partial charge on any atom is -0.467 e. The van der Waals surface area contributed by atoms with Crippen LogP contribution in [0.5, 0.6) is 0 Å². The van der Waals surface area contributed by atoms with Crippen LogP contribution >= 0.6 is 12.4 Å². The molecule has 9 heteroatoms. The summed E-state index contributed by atoms with van der Waals surface area (Å²) in [6, 6.07) is 3.13. The van der Waals surface area contributed by atoms with Gasteiger partial charge in [0.2, 0.25) is 5.91 Å². The zero-order valence-corrected chi connectivity index (χ0v) is 15.1. The molecule has 0 aromatic carbocycles. The normalized spacial score (nSPS) is 18.9. The lowest BCUT2D eigenvalue weighted by atomic mass is 10.1. The highest BCUT2D eigenvalue weighted by molar-refractivity contribution is 5.97. The van der Waals surface area contributed by atoms with Crippen LogP contribution in [0, 0.1) is 0 Å². The summed E-state index contributed by atoms with van der Waals surface area (Å²) < 4.78 is 5.23. The average Bonchev–Trinajstić information content (AvgIpc) is 3.39. The molecule has 2 aromatic heterocycles. The number of H-pyrrole nitrogens is 1. The third-order valence-corrected chi connectivity index (χ3v) is 4.84. The fraction of sp³-hybridized carbons (Fsp3) is 0.471. The summed E-state index contributed by atoms with van der Waals surface area (Å²) in [4.78, 5) is 27.1. The van der Waals surface area contributed by atoms with Crippen molar-refractivity contribution in [3.05, 3.63) is 41.1 Å². The topological polar surface area (TPSA) is 103 Å². The third-order valence-electron chi connectivity index (χ3n) is 4.84. The summed E-state index contributed by atoms with van der Waals surface area (Å²) in [5.41, 5.74) is 2.38. The molecule has 2 aliphatic heterocycles. The molecule has 2 amide bonds. The summed E-state index contributed by atoms with van der Waals surface area (Å²) in [6.07, 6.45) is 3.89. The number of halogens is 1. The van der Waals surface area contributed by atoms with Gasteiger partial charge in [0.15, 0.2) is 5.69 Å². The van der Waals surface area contributed by atoms with E-state index in [4.69, 9.17) is 4.42 Å². The molecule has 3 N–H and O–H groups in total. The Bertz CT molecular complexity index is 773. The number of furan rings is 1. The van der Waals surface area contributed by atoms with E-state index in [0.717, 1.165) is 30.6 Å². The van der Waals surface area contributed by atoms with Crippen LogP contribution < -0.4 is 10.6 Å². The van der Waals surface area contributed by atoms with E-state index >= 15 is 0 Å². The predicted octanol–water partition coefficient (Wildman–Crippen LogP) is 0.991. The van der Waals surface area contributed by atoms with Crippen molar-refractivity contribution in [3.8, 4) is 0 Å². The highest BCUT2D eigenvalue weighted by Gasteiger charge is 2.36. The monoisotopic (exact) mass is 379 g/mol. The van der Waals surface area contributed by atoms with Gasteiger partial charge in [0.1, 0.15) is 11.8 Å². The van der Waals surface area contributed by atoms with E-state index < -0.39 is 6.04 Å². The maximum atomic E-state index is 12.9. The minimum atomic E-state index is -0.452. The summed E-state index contributed by atoms with van der Waals surface area (Å²) in [7, 11) is 0. The Balaban J connectivity index is 0.00000196. The van der Waals surface area contributed by atoms with Gasteiger partial charge in [-0.1, -0.05) is 0 Å². The fourth-order valence-electron chi connectivity index (χ4n) is 3.53. The number of hydrogen-bond acceptors (Lipinski definition) is 5. The van der Waals surface area contributed by atoms with Gasteiger partial charge in [-0.15, -0.1) is 12.4 Å². The lowest BCUT2D eigenvalue weighted by Gasteiger charge is -2.24. The van der Waals surface area contributed by atoms with Crippen LogP contribution in [-0.2, 0) is 24.3 Å². The van der Waals surface area contributed by atoms with Gasteiger partial charge in [-0.05, 0) is 25.0 Å². The quantitative estimate of drug-likeness (QED) is 0.735. The maximum Gasteiger partial charge on any atom is 0.275 e. The van der Waals surface area contributed by atoms with E-state index in [1.54, 1.807) is 23.3 Å². The summed E-state index contributed by atoms with van der Waals surface area (Å²) in [5, 5.41) is 13.3. The molecule has 140 valence electrons. The van der Waals surface area contributed by atoms with E-state index in [9.17, 15) is 9.59 Å². The second kappa shape index (κ2) is 7.92. The number of amides is 2. The van der Waals surface area contributed by atoms with Gasteiger partial charge < -0.3 is 20.0 Å². The second-order valence-corrected chi connectivity index (χ2v) is 6.41. The molecule has 0 aliphatic carbocycles. The standard InChI is InChI=1S/C17H21N5O3.ClH/c23-16(19-9-11-3-2-8-25-11)14-4-1-7-22(14)17(24)15-12-10-18-6-5-13(12)20-21-15;/h2-3,8,14,18H,1,4-7,9-10H2,(H,19,23)(H,20,21);1H. The van der Waals surface area contributed by atoms with Gasteiger partial charge in [-0.25, -0.2) is 0 Å². The smallest absolute Gasteiger partial charge is 0.275 e. The number of rotatable bonds is 4. The van der Waals surface area contributed by atoms with Gasteiger partial charge in [0.05, 0.1) is 12.8 Å². The molecular formula is C17H22ClN5O3. The first kappa shape index (κ1) is 18.5. The highest BCUT2D eigenvalue weighted by Crippen LogP contribution is 2.23. The molecule has 0 saturated carbocycles. The van der Waals surface area contributed by atoms with Crippen molar-refractivity contribution in [2.75, 3.05) is 13.1 Å². The molecule has 8 nitrogen and oxygen atoms in total. The van der Waals surface area contributed by atoms with E-state index in [2.05, 4.69) is 20.8 Å². The Kier molecular flexibility index (Phi) is 5.63. The van der Waals surface area contributed by atoms with Crippen LogP contribution in [0.15, 0.2) is 22.8 Å². The highest BCUT2D eigenvalue weighted by atomic mass is 35.5. The van der Waals surface area contributed by atoms with Gasteiger partial charge in [0, 0.05) is 37.3 Å². The molecule has 1 atom stereocenters. The largest absolute Gasteiger partial charge is 0.467 e. The number of fused-ring (bicyclic) bond motifs is 1. The number of carbonyl (C=O) groups is 2. The number of nitrogens with zero attached hydrogens (tertiary/aromatic N) is 2. The second-order valence-electron chi connectivity index (χ2n) is 6.41. The van der Waals surface area contributed by atoms with Crippen LogP contribution in [0.1, 0.15) is 40.3 Å². The third kappa shape index (κ3) is 3.47. The Hall–Kier alpha value is -2.32. The van der Waals surface area contributed by atoms with Crippen molar-refractivity contribution < 1.29 is 14.0 Å². The van der Waals surface area contributed by atoms with Crippen LogP contribution in [0.3, 0.4) is 0 Å². The van der Waals surface area contributed by atoms with Crippen LogP contribution in [0.25, 0.3) is 0 Å². The average molecular weight is 380 g/mol. The van der Waals surface area contributed by atoms with Crippen molar-refractivity contribution >= 4 is 24.2 Å². The molecule has 1 unspecified atom stereocenters. The number of likely N-dealkylation sites (tertiary alicyclic amines) is 1.